The Morgan fingerprint density at radius 2 is 2.20 bits per heavy atom. The van der Waals surface area contributed by atoms with Crippen LogP contribution in [-0.4, -0.2) is 29.6 Å². The van der Waals surface area contributed by atoms with E-state index in [2.05, 4.69) is 5.10 Å². The van der Waals surface area contributed by atoms with Crippen LogP contribution < -0.4 is 0 Å². The van der Waals surface area contributed by atoms with E-state index in [0.29, 0.717) is 18.4 Å². The predicted molar refractivity (Wildman–Crippen MR) is 59.1 cm³/mol. The van der Waals surface area contributed by atoms with Crippen LogP contribution in [-0.2, 0) is 23.1 Å². The molecule has 0 N–H and O–H groups in total. The maximum atomic E-state index is 6.06. The molecule has 0 aliphatic heterocycles. The molecule has 15 heavy (non-hydrogen) atoms. The molecule has 1 heterocycles. The van der Waals surface area contributed by atoms with Gasteiger partial charge in [-0.25, -0.2) is 0 Å². The van der Waals surface area contributed by atoms with Crippen LogP contribution in [0.1, 0.15) is 18.2 Å². The average Bonchev–Trinajstić information content (AvgIpc) is 2.40. The molecule has 5 heteroatoms. The highest BCUT2D eigenvalue weighted by Crippen LogP contribution is 2.19. The molecule has 1 aromatic heterocycles. The fraction of sp³-hybridized carbons (Fsp3) is 0.700. The van der Waals surface area contributed by atoms with Crippen LogP contribution in [0.25, 0.3) is 0 Å². The average molecular weight is 233 g/mol. The summed E-state index contributed by atoms with van der Waals surface area (Å²) in [6.07, 6.45) is 0.0608. The molecule has 0 fully saturated rings. The largest absolute Gasteiger partial charge is 0.382 e. The number of nitrogens with zero attached hydrogens (tertiary/aromatic N) is 2. The van der Waals surface area contributed by atoms with E-state index in [9.17, 15) is 0 Å². The monoisotopic (exact) mass is 232 g/mol. The summed E-state index contributed by atoms with van der Waals surface area (Å²) in [4.78, 5) is 0. The van der Waals surface area contributed by atoms with E-state index in [1.165, 1.54) is 0 Å². The Hall–Kier alpha value is -0.580. The smallest absolute Gasteiger partial charge is 0.132 e. The maximum Gasteiger partial charge on any atom is 0.132 e. The summed E-state index contributed by atoms with van der Waals surface area (Å²) < 4.78 is 12.2. The van der Waals surface area contributed by atoms with Crippen molar-refractivity contribution in [2.24, 2.45) is 7.05 Å². The van der Waals surface area contributed by atoms with E-state index in [1.807, 2.05) is 20.9 Å². The lowest BCUT2D eigenvalue weighted by Crippen LogP contribution is -2.14. The van der Waals surface area contributed by atoms with Crippen LogP contribution >= 0.6 is 11.6 Å². The zero-order valence-corrected chi connectivity index (χ0v) is 10.3. The molecular formula is C10H17ClN2O2. The van der Waals surface area contributed by atoms with Crippen LogP contribution in [0, 0.1) is 6.92 Å². The molecule has 0 amide bonds. The van der Waals surface area contributed by atoms with Crippen LogP contribution in [0.15, 0.2) is 0 Å². The Bertz CT molecular complexity index is 325. The fourth-order valence-electron chi connectivity index (χ4n) is 1.35. The zero-order valence-electron chi connectivity index (χ0n) is 9.58. The number of halogens is 1. The molecule has 86 valence electrons. The van der Waals surface area contributed by atoms with Gasteiger partial charge in [0.1, 0.15) is 5.15 Å². The van der Waals surface area contributed by atoms with Crippen molar-refractivity contribution in [2.45, 2.75) is 26.6 Å². The van der Waals surface area contributed by atoms with Crippen LogP contribution in [0.5, 0.6) is 0 Å². The van der Waals surface area contributed by atoms with Crippen molar-refractivity contribution < 1.29 is 9.47 Å². The number of rotatable bonds is 5. The first kappa shape index (κ1) is 12.5. The highest BCUT2D eigenvalue weighted by molar-refractivity contribution is 6.30. The van der Waals surface area contributed by atoms with Gasteiger partial charge in [-0.15, -0.1) is 0 Å². The Balaban J connectivity index is 2.57. The third-order valence-corrected chi connectivity index (χ3v) is 2.66. The van der Waals surface area contributed by atoms with Crippen molar-refractivity contribution >= 4 is 11.6 Å². The van der Waals surface area contributed by atoms with E-state index in [0.717, 1.165) is 11.3 Å². The Morgan fingerprint density at radius 3 is 2.67 bits per heavy atom. The molecule has 0 saturated carbocycles. The van der Waals surface area contributed by atoms with Gasteiger partial charge in [-0.3, -0.25) is 4.68 Å². The molecule has 0 saturated heterocycles. The summed E-state index contributed by atoms with van der Waals surface area (Å²) in [5, 5.41) is 4.84. The van der Waals surface area contributed by atoms with Crippen molar-refractivity contribution in [1.29, 1.82) is 0 Å². The second-order valence-corrected chi connectivity index (χ2v) is 3.91. The third-order valence-electron chi connectivity index (χ3n) is 2.18. The normalized spacial score (nSPS) is 13.1. The van der Waals surface area contributed by atoms with Gasteiger partial charge in [0.15, 0.2) is 0 Å². The van der Waals surface area contributed by atoms with E-state index < -0.39 is 0 Å². The van der Waals surface area contributed by atoms with Crippen molar-refractivity contribution in [1.82, 2.24) is 9.78 Å². The minimum Gasteiger partial charge on any atom is -0.382 e. The SMILES string of the molecule is COCC(C)OCc1c(C)nn(C)c1Cl. The van der Waals surface area contributed by atoms with E-state index in [1.54, 1.807) is 11.8 Å². The highest BCUT2D eigenvalue weighted by atomic mass is 35.5. The first-order valence-corrected chi connectivity index (χ1v) is 5.22. The number of aromatic nitrogens is 2. The summed E-state index contributed by atoms with van der Waals surface area (Å²) >= 11 is 6.06. The number of hydrogen-bond acceptors (Lipinski definition) is 3. The van der Waals surface area contributed by atoms with Crippen molar-refractivity contribution in [3.8, 4) is 0 Å². The lowest BCUT2D eigenvalue weighted by Gasteiger charge is -2.11. The minimum atomic E-state index is 0.0608. The first-order chi connectivity index (χ1) is 7.06. The second-order valence-electron chi connectivity index (χ2n) is 3.56. The molecule has 1 unspecified atom stereocenters. The van der Waals surface area contributed by atoms with Gasteiger partial charge in [-0.1, -0.05) is 11.6 Å². The van der Waals surface area contributed by atoms with E-state index in [4.69, 9.17) is 21.1 Å². The van der Waals surface area contributed by atoms with Gasteiger partial charge in [0, 0.05) is 19.7 Å². The van der Waals surface area contributed by atoms with Crippen LogP contribution in [0.4, 0.5) is 0 Å². The zero-order chi connectivity index (χ0) is 11.4. The van der Waals surface area contributed by atoms with Crippen LogP contribution in [0.3, 0.4) is 0 Å². The standard InChI is InChI=1S/C10H17ClN2O2/c1-7(5-14-4)15-6-9-8(2)12-13(3)10(9)11/h7H,5-6H2,1-4H3. The molecule has 4 nitrogen and oxygen atoms in total. The first-order valence-electron chi connectivity index (χ1n) is 4.84. The summed E-state index contributed by atoms with van der Waals surface area (Å²) in [6.45, 7) is 4.94. The van der Waals surface area contributed by atoms with Gasteiger partial charge in [-0.05, 0) is 13.8 Å². The lowest BCUT2D eigenvalue weighted by atomic mass is 10.3. The van der Waals surface area contributed by atoms with E-state index >= 15 is 0 Å². The summed E-state index contributed by atoms with van der Waals surface area (Å²) in [6, 6.07) is 0. The van der Waals surface area contributed by atoms with Gasteiger partial charge in [0.05, 0.1) is 25.0 Å². The Labute approximate surface area is 95.1 Å². The number of methoxy groups -OCH3 is 1. The fourth-order valence-corrected chi connectivity index (χ4v) is 1.58. The minimum absolute atomic E-state index is 0.0608. The topological polar surface area (TPSA) is 36.3 Å². The molecule has 0 radical (unpaired) electrons. The molecule has 0 aromatic carbocycles. The summed E-state index contributed by atoms with van der Waals surface area (Å²) in [7, 11) is 3.47. The molecule has 0 spiro atoms. The highest BCUT2D eigenvalue weighted by Gasteiger charge is 2.12. The molecule has 0 aliphatic carbocycles. The van der Waals surface area contributed by atoms with Gasteiger partial charge >= 0.3 is 0 Å². The molecule has 1 atom stereocenters. The van der Waals surface area contributed by atoms with Crippen molar-refractivity contribution in [2.75, 3.05) is 13.7 Å². The van der Waals surface area contributed by atoms with Gasteiger partial charge in [0.25, 0.3) is 0 Å². The van der Waals surface area contributed by atoms with Crippen molar-refractivity contribution in [3.05, 3.63) is 16.4 Å². The van der Waals surface area contributed by atoms with Gasteiger partial charge < -0.3 is 9.47 Å². The molecular weight excluding hydrogens is 216 g/mol. The number of aryl methyl sites for hydroxylation is 2. The predicted octanol–water partition coefficient (Wildman–Crippen LogP) is 1.93. The number of hydrogen-bond donors (Lipinski definition) is 0. The second kappa shape index (κ2) is 5.49. The molecule has 1 rings (SSSR count). The summed E-state index contributed by atoms with van der Waals surface area (Å²) in [5.41, 5.74) is 1.86. The Kier molecular flexibility index (Phi) is 4.57. The number of ether oxygens (including phenoxy) is 2. The van der Waals surface area contributed by atoms with Gasteiger partial charge in [0.2, 0.25) is 0 Å². The van der Waals surface area contributed by atoms with Crippen molar-refractivity contribution in [3.63, 3.8) is 0 Å². The Morgan fingerprint density at radius 1 is 1.53 bits per heavy atom. The molecule has 0 aliphatic rings. The third kappa shape index (κ3) is 3.19. The lowest BCUT2D eigenvalue weighted by molar-refractivity contribution is -0.000281. The molecule has 0 bridgehead atoms. The van der Waals surface area contributed by atoms with E-state index in [-0.39, 0.29) is 6.10 Å². The van der Waals surface area contributed by atoms with Gasteiger partial charge in [-0.2, -0.15) is 5.10 Å². The maximum absolute atomic E-state index is 6.06. The summed E-state index contributed by atoms with van der Waals surface area (Å²) in [5.74, 6) is 0. The van der Waals surface area contributed by atoms with Crippen LogP contribution in [0.2, 0.25) is 5.15 Å². The molecule has 1 aromatic rings. The quantitative estimate of drug-likeness (QED) is 0.779.